The fraction of sp³-hybridized carbons (Fsp3) is 0.298. The second-order valence-corrected chi connectivity index (χ2v) is 35.8. The largest absolute Gasteiger partial charge is 2.00 e. The minimum absolute atomic E-state index is 0. The molecule has 0 unspecified atom stereocenters. The van der Waals surface area contributed by atoms with Gasteiger partial charge >= 0.3 is 39.0 Å². The molecule has 0 radical (unpaired) electrons. The van der Waals surface area contributed by atoms with Gasteiger partial charge in [0.2, 0.25) is 23.6 Å². The zero-order chi connectivity index (χ0) is 92.2. The van der Waals surface area contributed by atoms with Crippen molar-refractivity contribution in [1.29, 1.82) is 0 Å². The number of hydrogen-bond acceptors (Lipinski definition) is 8. The third-order valence-corrected chi connectivity index (χ3v) is 27.4. The van der Waals surface area contributed by atoms with E-state index < -0.39 is 0 Å². The van der Waals surface area contributed by atoms with Gasteiger partial charge in [0.15, 0.2) is 0 Å². The SMILES string of the molecule is CC1=N/C(=C\c2[n-]c(C)c(CC3=C(C)/C(=C/c4[n-]c(C)c(CCC(=O)N[C@H](C)c5cccc6ccccc56)c4C)N=C3C)c2C)C(C)=C1CCC(=O)N[C@H](C)c1cccc2ccccc12.CC1=N/C(=C\c2[n-]c(C)c(CC3=C(C)/C(=C/c4[n-]c(C)c(CCC(=O)N[C@H](C)c5cccc6ccccc56)c4C)N=C3C)c2C)C(C)=C1CCC(=O)N[C@H](C)c1cccc2ccccc12.[Zn+2].[Zn+2]. The molecule has 132 heavy (non-hydrogen) atoms. The summed E-state index contributed by atoms with van der Waals surface area (Å²) in [5.74, 6) is 0.108. The molecule has 0 saturated carbocycles. The standard InChI is InChI=1S/2C57H62N6O2.2Zn/c2*1-32-44(25-27-56(64)62-38(7)46-23-15-19-42-17-11-13-21-48(42)46)36(5)58-52(32)30-54-34(3)50(40(9)60-54)29-51-35(4)55(61-41(51)10)31-53-33(2)45(37(6)59-53)26-28-57(65)63-39(8)47-24-16-20-43-18-12-14-22-49(43)47;;/h2*11-24,30-31,38-39H,25-29H2,1-10H3,(H4,58,59,60,61,62,63,64,65);;/q;;2*+2/p-4/t2*38-,39-;;/m11../s1. The molecule has 0 aliphatic carbocycles. The predicted octanol–water partition coefficient (Wildman–Crippen LogP) is 24.2. The van der Waals surface area contributed by atoms with Crippen molar-refractivity contribution in [3.8, 4) is 0 Å². The third kappa shape index (κ3) is 21.1. The van der Waals surface area contributed by atoms with Crippen LogP contribution in [-0.2, 0) is 83.8 Å². The van der Waals surface area contributed by atoms with Crippen LogP contribution in [0, 0.1) is 55.4 Å². The number of allylic oxidation sites excluding steroid dienone is 8. The number of fused-ring (bicyclic) bond motifs is 4. The second kappa shape index (κ2) is 42.0. The van der Waals surface area contributed by atoms with Gasteiger partial charge in [-0.05, 0) is 259 Å². The molecule has 4 N–H and O–H groups in total. The fourth-order valence-electron chi connectivity index (χ4n) is 19.6. The van der Waals surface area contributed by atoms with Gasteiger partial charge in [0.25, 0.3) is 0 Å². The molecule has 4 amide bonds. The summed E-state index contributed by atoms with van der Waals surface area (Å²) >= 11 is 0. The molecule has 8 aromatic carbocycles. The van der Waals surface area contributed by atoms with E-state index in [-0.39, 0.29) is 86.8 Å². The summed E-state index contributed by atoms with van der Waals surface area (Å²) in [5, 5.41) is 22.2. The van der Waals surface area contributed by atoms with E-state index in [2.05, 4.69) is 226 Å². The van der Waals surface area contributed by atoms with Crippen molar-refractivity contribution in [2.75, 3.05) is 0 Å². The number of nitrogens with one attached hydrogen (secondary N) is 4. The first-order valence-electron chi connectivity index (χ1n) is 45.9. The number of hydrogen-bond donors (Lipinski definition) is 4. The summed E-state index contributed by atoms with van der Waals surface area (Å²) in [7, 11) is 0. The molecule has 0 fully saturated rings. The maximum atomic E-state index is 13.2. The molecule has 8 heterocycles. The molecule has 0 spiro atoms. The van der Waals surface area contributed by atoms with Crippen LogP contribution in [0.15, 0.2) is 257 Å². The summed E-state index contributed by atoms with van der Waals surface area (Å²) in [6.45, 7) is 41.6. The molecule has 16 rings (SSSR count). The maximum Gasteiger partial charge on any atom is 2.00 e. The molecule has 18 heteroatoms. The molecule has 0 saturated heterocycles. The van der Waals surface area contributed by atoms with E-state index in [4.69, 9.17) is 39.9 Å². The molecule has 12 aromatic rings. The number of carbonyl (C=O) groups excluding carboxylic acids is 4. The Morgan fingerprint density at radius 1 is 0.280 bits per heavy atom. The molecule has 4 aliphatic rings. The van der Waals surface area contributed by atoms with Crippen LogP contribution in [0.25, 0.3) is 67.4 Å². The fourth-order valence-corrected chi connectivity index (χ4v) is 19.6. The first-order chi connectivity index (χ1) is 62.4. The summed E-state index contributed by atoms with van der Waals surface area (Å²) in [6.07, 6.45) is 13.9. The minimum atomic E-state index is -0.100. The van der Waals surface area contributed by atoms with Crippen LogP contribution in [0.4, 0.5) is 0 Å². The van der Waals surface area contributed by atoms with Gasteiger partial charge in [0.05, 0.1) is 47.0 Å². The average Bonchev–Trinajstić information content (AvgIpc) is 1.63. The van der Waals surface area contributed by atoms with Gasteiger partial charge in [0, 0.05) is 48.5 Å². The van der Waals surface area contributed by atoms with Gasteiger partial charge < -0.3 is 41.2 Å². The van der Waals surface area contributed by atoms with Gasteiger partial charge in [-0.15, -0.1) is 22.8 Å². The molecular formula is C114H120N12O4Zn2. The second-order valence-electron chi connectivity index (χ2n) is 35.8. The molecule has 664 valence electrons. The monoisotopic (exact) mass is 1850 g/mol. The summed E-state index contributed by atoms with van der Waals surface area (Å²) in [6, 6.07) is 57.7. The van der Waals surface area contributed by atoms with Crippen molar-refractivity contribution in [3.63, 3.8) is 0 Å². The zero-order valence-electron chi connectivity index (χ0n) is 80.5. The van der Waals surface area contributed by atoms with Crippen LogP contribution in [0.5, 0.6) is 0 Å². The molecular weight excluding hydrogens is 1730 g/mol. The van der Waals surface area contributed by atoms with E-state index in [1.165, 1.54) is 43.8 Å². The van der Waals surface area contributed by atoms with Crippen molar-refractivity contribution >= 4 is 114 Å². The minimum Gasteiger partial charge on any atom is -0.661 e. The Morgan fingerprint density at radius 2 is 0.492 bits per heavy atom. The van der Waals surface area contributed by atoms with Crippen LogP contribution in [0.3, 0.4) is 0 Å². The van der Waals surface area contributed by atoms with Crippen LogP contribution in [0.2, 0.25) is 0 Å². The Morgan fingerprint density at radius 3 is 0.758 bits per heavy atom. The average molecular weight is 1850 g/mol. The van der Waals surface area contributed by atoms with Gasteiger partial charge in [-0.1, -0.05) is 266 Å². The van der Waals surface area contributed by atoms with Gasteiger partial charge in [-0.25, -0.2) is 0 Å². The Hall–Kier alpha value is -12.4. The topological polar surface area (TPSA) is 222 Å². The molecule has 4 aliphatic heterocycles. The van der Waals surface area contributed by atoms with Crippen LogP contribution < -0.4 is 41.2 Å². The van der Waals surface area contributed by atoms with Crippen molar-refractivity contribution in [2.24, 2.45) is 20.0 Å². The van der Waals surface area contributed by atoms with Crippen molar-refractivity contribution in [1.82, 2.24) is 41.2 Å². The number of aromatic nitrogens is 4. The quantitative estimate of drug-likeness (QED) is 0.0345. The molecule has 0 bridgehead atoms. The molecule has 4 atom stereocenters. The number of nitrogens with zero attached hydrogens (tertiary/aromatic N) is 8. The van der Waals surface area contributed by atoms with E-state index in [9.17, 15) is 19.2 Å². The van der Waals surface area contributed by atoms with E-state index in [1.54, 1.807) is 0 Å². The van der Waals surface area contributed by atoms with Gasteiger partial charge in [0.1, 0.15) is 0 Å². The molecule has 4 aromatic heterocycles. The number of rotatable bonds is 28. The first kappa shape index (κ1) is 97.2. The maximum absolute atomic E-state index is 13.2. The van der Waals surface area contributed by atoms with E-state index >= 15 is 0 Å². The van der Waals surface area contributed by atoms with Crippen LogP contribution >= 0.6 is 0 Å². The summed E-state index contributed by atoms with van der Waals surface area (Å²) in [5.41, 5.74) is 37.8. The van der Waals surface area contributed by atoms with Crippen molar-refractivity contribution in [3.05, 3.63) is 350 Å². The Balaban J connectivity index is 0.000000221. The van der Waals surface area contributed by atoms with Gasteiger partial charge in [-0.3, -0.25) is 39.1 Å². The van der Waals surface area contributed by atoms with Crippen LogP contribution in [0.1, 0.15) is 258 Å². The van der Waals surface area contributed by atoms with Gasteiger partial charge in [-0.2, -0.15) is 22.8 Å². The predicted molar refractivity (Wildman–Crippen MR) is 537 cm³/mol. The van der Waals surface area contributed by atoms with Crippen molar-refractivity contribution in [2.45, 2.75) is 227 Å². The number of amides is 4. The third-order valence-electron chi connectivity index (χ3n) is 27.4. The zero-order valence-corrected chi connectivity index (χ0v) is 86.4. The summed E-state index contributed by atoms with van der Waals surface area (Å²) in [4.78, 5) is 92.9. The Bertz CT molecular complexity index is 6540. The van der Waals surface area contributed by atoms with E-state index in [1.807, 2.05) is 128 Å². The first-order valence-corrected chi connectivity index (χ1v) is 45.9. The van der Waals surface area contributed by atoms with E-state index in [0.717, 1.165) is 215 Å². The molecule has 16 nitrogen and oxygen atoms in total. The summed E-state index contributed by atoms with van der Waals surface area (Å²) < 4.78 is 0. The number of carbonyl (C=O) groups is 4. The normalized spacial score (nSPS) is 16.0. The number of benzene rings is 8. The number of aryl methyl sites for hydroxylation is 4. The van der Waals surface area contributed by atoms with E-state index in [0.29, 0.717) is 51.4 Å². The Kier molecular flexibility index (Phi) is 30.9. The van der Waals surface area contributed by atoms with Crippen LogP contribution in [-0.4, -0.2) is 46.5 Å². The van der Waals surface area contributed by atoms with Crippen molar-refractivity contribution < 1.29 is 58.1 Å². The Labute approximate surface area is 803 Å². The smallest absolute Gasteiger partial charge is 0.661 e. The number of aliphatic imine (C=N–C) groups is 4.